The Kier molecular flexibility index (Phi) is 5.32. The molecule has 0 aliphatic rings. The lowest BCUT2D eigenvalue weighted by Crippen LogP contribution is -2.18. The topological polar surface area (TPSA) is 50.7 Å². The maximum absolute atomic E-state index is 4.37. The van der Waals surface area contributed by atoms with E-state index >= 15 is 0 Å². The minimum absolute atomic E-state index is 0.401. The summed E-state index contributed by atoms with van der Waals surface area (Å²) in [5, 5.41) is 11.4. The van der Waals surface area contributed by atoms with Gasteiger partial charge in [-0.1, -0.05) is 26.7 Å². The maximum Gasteiger partial charge on any atom is 0.243 e. The Morgan fingerprint density at radius 3 is 2.29 bits per heavy atom. The third kappa shape index (κ3) is 5.11. The van der Waals surface area contributed by atoms with Gasteiger partial charge in [-0.3, -0.25) is 0 Å². The fraction of sp³-hybridized carbons (Fsp3) is 0.769. The van der Waals surface area contributed by atoms with Crippen molar-refractivity contribution in [3.63, 3.8) is 0 Å². The number of rotatable bonds is 6. The van der Waals surface area contributed by atoms with E-state index in [2.05, 4.69) is 41.3 Å². The summed E-state index contributed by atoms with van der Waals surface area (Å²) in [6.07, 6.45) is 3.66. The van der Waals surface area contributed by atoms with E-state index in [0.717, 1.165) is 23.7 Å². The molecule has 0 bridgehead atoms. The standard InChI is InChI=1S/C13H24N4/c1-9(2)7-6-8-10(3)14-13-15-11(4)12(5)16-17-13/h9-10H,6-8H2,1-5H3,(H,14,15,17). The molecule has 0 amide bonds. The molecule has 1 aromatic heterocycles. The first-order chi connectivity index (χ1) is 7.99. The van der Waals surface area contributed by atoms with Crippen molar-refractivity contribution < 1.29 is 0 Å². The Labute approximate surface area is 104 Å². The van der Waals surface area contributed by atoms with E-state index in [4.69, 9.17) is 0 Å². The monoisotopic (exact) mass is 236 g/mol. The van der Waals surface area contributed by atoms with Gasteiger partial charge in [-0.25, -0.2) is 4.98 Å². The van der Waals surface area contributed by atoms with Crippen LogP contribution in [0.2, 0.25) is 0 Å². The van der Waals surface area contributed by atoms with E-state index in [9.17, 15) is 0 Å². The largest absolute Gasteiger partial charge is 0.350 e. The number of nitrogens with zero attached hydrogens (tertiary/aromatic N) is 3. The van der Waals surface area contributed by atoms with Crippen molar-refractivity contribution >= 4 is 5.95 Å². The lowest BCUT2D eigenvalue weighted by molar-refractivity contribution is 0.519. The lowest BCUT2D eigenvalue weighted by Gasteiger charge is -2.14. The first-order valence-electron chi connectivity index (χ1n) is 6.43. The molecule has 1 heterocycles. The van der Waals surface area contributed by atoms with Crippen LogP contribution >= 0.6 is 0 Å². The van der Waals surface area contributed by atoms with Gasteiger partial charge in [-0.05, 0) is 33.1 Å². The van der Waals surface area contributed by atoms with Crippen molar-refractivity contribution in [2.75, 3.05) is 5.32 Å². The number of aromatic nitrogens is 3. The van der Waals surface area contributed by atoms with E-state index in [1.807, 2.05) is 13.8 Å². The summed E-state index contributed by atoms with van der Waals surface area (Å²) in [5.41, 5.74) is 1.83. The molecule has 0 saturated carbocycles. The number of nitrogens with one attached hydrogen (secondary N) is 1. The molecule has 0 aliphatic heterocycles. The average molecular weight is 236 g/mol. The van der Waals surface area contributed by atoms with Crippen molar-refractivity contribution in [3.8, 4) is 0 Å². The minimum atomic E-state index is 0.401. The van der Waals surface area contributed by atoms with E-state index < -0.39 is 0 Å². The van der Waals surface area contributed by atoms with Crippen LogP contribution in [0, 0.1) is 19.8 Å². The third-order valence-corrected chi connectivity index (χ3v) is 2.89. The van der Waals surface area contributed by atoms with Crippen molar-refractivity contribution in [2.45, 2.75) is 59.9 Å². The summed E-state index contributed by atoms with van der Waals surface area (Å²) in [4.78, 5) is 4.37. The smallest absolute Gasteiger partial charge is 0.243 e. The van der Waals surface area contributed by atoms with Crippen molar-refractivity contribution in [1.82, 2.24) is 15.2 Å². The summed E-state index contributed by atoms with van der Waals surface area (Å²) < 4.78 is 0. The highest BCUT2D eigenvalue weighted by Gasteiger charge is 2.06. The van der Waals surface area contributed by atoms with E-state index in [0.29, 0.717) is 12.0 Å². The second-order valence-corrected chi connectivity index (χ2v) is 5.18. The van der Waals surface area contributed by atoms with Crippen LogP contribution in [-0.4, -0.2) is 21.2 Å². The van der Waals surface area contributed by atoms with Crippen LogP contribution in [0.5, 0.6) is 0 Å². The quantitative estimate of drug-likeness (QED) is 0.824. The summed E-state index contributed by atoms with van der Waals surface area (Å²) in [7, 11) is 0. The van der Waals surface area contributed by atoms with Crippen LogP contribution in [0.1, 0.15) is 51.4 Å². The Bertz CT molecular complexity index is 349. The molecule has 1 rings (SSSR count). The van der Waals surface area contributed by atoms with Gasteiger partial charge in [0, 0.05) is 6.04 Å². The molecule has 0 spiro atoms. The highest BCUT2D eigenvalue weighted by Crippen LogP contribution is 2.11. The Morgan fingerprint density at radius 1 is 1.00 bits per heavy atom. The molecule has 4 nitrogen and oxygen atoms in total. The molecule has 0 aromatic carbocycles. The van der Waals surface area contributed by atoms with Gasteiger partial charge in [0.05, 0.1) is 11.4 Å². The zero-order chi connectivity index (χ0) is 12.8. The Balaban J connectivity index is 2.39. The molecule has 1 unspecified atom stereocenters. The van der Waals surface area contributed by atoms with Crippen LogP contribution in [-0.2, 0) is 0 Å². The van der Waals surface area contributed by atoms with Gasteiger partial charge in [0.15, 0.2) is 0 Å². The van der Waals surface area contributed by atoms with Crippen molar-refractivity contribution in [1.29, 1.82) is 0 Å². The molecule has 17 heavy (non-hydrogen) atoms. The van der Waals surface area contributed by atoms with Crippen LogP contribution in [0.25, 0.3) is 0 Å². The molecule has 4 heteroatoms. The molecule has 0 saturated heterocycles. The maximum atomic E-state index is 4.37. The molecule has 0 fully saturated rings. The van der Waals surface area contributed by atoms with Crippen LogP contribution < -0.4 is 5.32 Å². The predicted molar refractivity (Wildman–Crippen MR) is 71.1 cm³/mol. The van der Waals surface area contributed by atoms with Gasteiger partial charge < -0.3 is 5.32 Å². The lowest BCUT2D eigenvalue weighted by atomic mass is 10.0. The van der Waals surface area contributed by atoms with Gasteiger partial charge in [0.2, 0.25) is 5.95 Å². The molecule has 1 aromatic rings. The van der Waals surface area contributed by atoms with E-state index in [-0.39, 0.29) is 0 Å². The molecule has 96 valence electrons. The molecular formula is C13H24N4. The summed E-state index contributed by atoms with van der Waals surface area (Å²) in [5.74, 6) is 1.42. The van der Waals surface area contributed by atoms with Gasteiger partial charge >= 0.3 is 0 Å². The highest BCUT2D eigenvalue weighted by molar-refractivity contribution is 5.25. The normalized spacial score (nSPS) is 12.8. The predicted octanol–water partition coefficient (Wildman–Crippen LogP) is 3.12. The van der Waals surface area contributed by atoms with E-state index in [1.165, 1.54) is 12.8 Å². The Hall–Kier alpha value is -1.19. The SMILES string of the molecule is Cc1nnc(NC(C)CCCC(C)C)nc1C. The minimum Gasteiger partial charge on any atom is -0.350 e. The molecular weight excluding hydrogens is 212 g/mol. The second kappa shape index (κ2) is 6.52. The number of anilines is 1. The zero-order valence-corrected chi connectivity index (χ0v) is 11.6. The summed E-state index contributed by atoms with van der Waals surface area (Å²) >= 11 is 0. The van der Waals surface area contributed by atoms with Gasteiger partial charge in [-0.2, -0.15) is 5.10 Å². The molecule has 0 radical (unpaired) electrons. The average Bonchev–Trinajstić information content (AvgIpc) is 2.23. The van der Waals surface area contributed by atoms with Crippen LogP contribution in [0.3, 0.4) is 0 Å². The number of hydrogen-bond acceptors (Lipinski definition) is 4. The van der Waals surface area contributed by atoms with Crippen molar-refractivity contribution in [3.05, 3.63) is 11.4 Å². The fourth-order valence-electron chi connectivity index (χ4n) is 1.64. The van der Waals surface area contributed by atoms with Gasteiger partial charge in [-0.15, -0.1) is 5.10 Å². The van der Waals surface area contributed by atoms with Gasteiger partial charge in [0.1, 0.15) is 0 Å². The zero-order valence-electron chi connectivity index (χ0n) is 11.6. The van der Waals surface area contributed by atoms with Crippen LogP contribution in [0.4, 0.5) is 5.95 Å². The highest BCUT2D eigenvalue weighted by atomic mass is 15.2. The Morgan fingerprint density at radius 2 is 1.71 bits per heavy atom. The van der Waals surface area contributed by atoms with Crippen molar-refractivity contribution in [2.24, 2.45) is 5.92 Å². The number of aryl methyl sites for hydroxylation is 2. The number of hydrogen-bond donors (Lipinski definition) is 1. The molecule has 1 atom stereocenters. The van der Waals surface area contributed by atoms with Gasteiger partial charge in [0.25, 0.3) is 0 Å². The first-order valence-corrected chi connectivity index (χ1v) is 6.43. The summed E-state index contributed by atoms with van der Waals surface area (Å²) in [6, 6.07) is 0.401. The summed E-state index contributed by atoms with van der Waals surface area (Å²) in [6.45, 7) is 10.6. The second-order valence-electron chi connectivity index (χ2n) is 5.18. The fourth-order valence-corrected chi connectivity index (χ4v) is 1.64. The molecule has 1 N–H and O–H groups in total. The van der Waals surface area contributed by atoms with E-state index in [1.54, 1.807) is 0 Å². The third-order valence-electron chi connectivity index (χ3n) is 2.89. The first kappa shape index (κ1) is 13.9. The molecule has 0 aliphatic carbocycles. The van der Waals surface area contributed by atoms with Crippen LogP contribution in [0.15, 0.2) is 0 Å².